The van der Waals surface area contributed by atoms with Crippen LogP contribution >= 0.6 is 12.4 Å². The zero-order valence-electron chi connectivity index (χ0n) is 10.4. The largest absolute Gasteiger partial charge is 0.359 e. The minimum absolute atomic E-state index is 0. The predicted octanol–water partition coefficient (Wildman–Crippen LogP) is 2.90. The van der Waals surface area contributed by atoms with E-state index in [0.717, 1.165) is 0 Å². The van der Waals surface area contributed by atoms with Gasteiger partial charge >= 0.3 is 0 Å². The van der Waals surface area contributed by atoms with E-state index < -0.39 is 5.72 Å². The Hall–Kier alpha value is -0.640. The molecule has 1 aromatic rings. The van der Waals surface area contributed by atoms with E-state index in [0.29, 0.717) is 18.6 Å². The molecule has 0 spiro atoms. The Morgan fingerprint density at radius 3 is 2.47 bits per heavy atom. The monoisotopic (exact) mass is 259 g/mol. The smallest absolute Gasteiger partial charge is 0.126 e. The summed E-state index contributed by atoms with van der Waals surface area (Å²) < 4.78 is 19.3. The lowest BCUT2D eigenvalue weighted by Gasteiger charge is -2.26. The molecule has 96 valence electrons. The van der Waals surface area contributed by atoms with Gasteiger partial charge in [-0.25, -0.2) is 4.39 Å². The summed E-state index contributed by atoms with van der Waals surface area (Å²) in [6.45, 7) is 6.78. The summed E-state index contributed by atoms with van der Waals surface area (Å²) in [6, 6.07) is 6.84. The van der Waals surface area contributed by atoms with Crippen molar-refractivity contribution < 1.29 is 9.13 Å². The van der Waals surface area contributed by atoms with Gasteiger partial charge in [0.05, 0.1) is 6.61 Å². The number of halogens is 2. The highest BCUT2D eigenvalue weighted by molar-refractivity contribution is 5.85. The van der Waals surface area contributed by atoms with Gasteiger partial charge in [-0.15, -0.1) is 12.4 Å². The van der Waals surface area contributed by atoms with Crippen LogP contribution in [0.25, 0.3) is 0 Å². The first kappa shape index (κ1) is 14.4. The minimum Gasteiger partial charge on any atom is -0.359 e. The maximum atomic E-state index is 13.5. The number of nitrogens with one attached hydrogen (secondary N) is 1. The van der Waals surface area contributed by atoms with Crippen molar-refractivity contribution in [1.29, 1.82) is 0 Å². The molecule has 17 heavy (non-hydrogen) atoms. The van der Waals surface area contributed by atoms with E-state index in [1.54, 1.807) is 12.1 Å². The molecule has 1 aliphatic heterocycles. The SMILES string of the molecule is CC1(C)COC(C)(Cc2ccccc2F)N1.Cl. The van der Waals surface area contributed by atoms with Crippen LogP contribution in [0.4, 0.5) is 4.39 Å². The summed E-state index contributed by atoms with van der Waals surface area (Å²) in [5, 5.41) is 3.39. The summed E-state index contributed by atoms with van der Waals surface area (Å²) >= 11 is 0. The van der Waals surface area contributed by atoms with Crippen molar-refractivity contribution in [3.05, 3.63) is 35.6 Å². The minimum atomic E-state index is -0.467. The maximum absolute atomic E-state index is 13.5. The van der Waals surface area contributed by atoms with E-state index in [9.17, 15) is 4.39 Å². The second kappa shape index (κ2) is 4.92. The first-order valence-corrected chi connectivity index (χ1v) is 5.57. The van der Waals surface area contributed by atoms with Gasteiger partial charge < -0.3 is 4.74 Å². The van der Waals surface area contributed by atoms with Crippen molar-refractivity contribution in [2.75, 3.05) is 6.61 Å². The number of hydrogen-bond acceptors (Lipinski definition) is 2. The molecular formula is C13H19ClFNO. The third kappa shape index (κ3) is 3.41. The van der Waals surface area contributed by atoms with Crippen LogP contribution in [0.2, 0.25) is 0 Å². The molecule has 2 rings (SSSR count). The maximum Gasteiger partial charge on any atom is 0.126 e. The van der Waals surface area contributed by atoms with E-state index in [1.165, 1.54) is 6.07 Å². The molecule has 1 aliphatic rings. The van der Waals surface area contributed by atoms with Crippen LogP contribution in [0.15, 0.2) is 24.3 Å². The summed E-state index contributed by atoms with van der Waals surface area (Å²) in [5.74, 6) is -0.168. The van der Waals surface area contributed by atoms with Gasteiger partial charge in [-0.3, -0.25) is 5.32 Å². The molecule has 1 atom stereocenters. The predicted molar refractivity (Wildman–Crippen MR) is 68.9 cm³/mol. The van der Waals surface area contributed by atoms with Crippen LogP contribution in [0.5, 0.6) is 0 Å². The van der Waals surface area contributed by atoms with Crippen LogP contribution in [0, 0.1) is 5.82 Å². The van der Waals surface area contributed by atoms with E-state index in [1.807, 2.05) is 13.0 Å². The molecule has 1 aromatic carbocycles. The van der Waals surface area contributed by atoms with Crippen LogP contribution in [0.1, 0.15) is 26.3 Å². The first-order chi connectivity index (χ1) is 7.40. The number of ether oxygens (including phenoxy) is 1. The van der Waals surface area contributed by atoms with Crippen molar-refractivity contribution >= 4 is 12.4 Å². The van der Waals surface area contributed by atoms with Crippen molar-refractivity contribution in [3.8, 4) is 0 Å². The fraction of sp³-hybridized carbons (Fsp3) is 0.538. The van der Waals surface area contributed by atoms with Gasteiger partial charge in [0.25, 0.3) is 0 Å². The molecule has 1 N–H and O–H groups in total. The first-order valence-electron chi connectivity index (χ1n) is 5.57. The second-order valence-corrected chi connectivity index (χ2v) is 5.30. The van der Waals surface area contributed by atoms with Crippen LogP contribution < -0.4 is 5.32 Å². The van der Waals surface area contributed by atoms with Gasteiger partial charge in [0.1, 0.15) is 11.5 Å². The molecule has 0 saturated carbocycles. The van der Waals surface area contributed by atoms with Gasteiger partial charge in [0, 0.05) is 12.0 Å². The van der Waals surface area contributed by atoms with Crippen molar-refractivity contribution in [1.82, 2.24) is 5.32 Å². The van der Waals surface area contributed by atoms with Gasteiger partial charge in [0.15, 0.2) is 0 Å². The highest BCUT2D eigenvalue weighted by Crippen LogP contribution is 2.26. The molecule has 0 radical (unpaired) electrons. The molecule has 1 unspecified atom stereocenters. The van der Waals surface area contributed by atoms with Crippen molar-refractivity contribution in [3.63, 3.8) is 0 Å². The average molecular weight is 260 g/mol. The zero-order chi connectivity index (χ0) is 11.8. The van der Waals surface area contributed by atoms with Crippen LogP contribution in [0.3, 0.4) is 0 Å². The molecule has 0 aromatic heterocycles. The van der Waals surface area contributed by atoms with E-state index in [2.05, 4.69) is 19.2 Å². The molecular weight excluding hydrogens is 241 g/mol. The van der Waals surface area contributed by atoms with Crippen molar-refractivity contribution in [2.45, 2.75) is 38.5 Å². The third-order valence-corrected chi connectivity index (χ3v) is 2.84. The molecule has 4 heteroatoms. The van der Waals surface area contributed by atoms with Crippen LogP contribution in [-0.4, -0.2) is 17.9 Å². The quantitative estimate of drug-likeness (QED) is 0.882. The van der Waals surface area contributed by atoms with E-state index >= 15 is 0 Å². The molecule has 2 nitrogen and oxygen atoms in total. The zero-order valence-corrected chi connectivity index (χ0v) is 11.2. The highest BCUT2D eigenvalue weighted by atomic mass is 35.5. The summed E-state index contributed by atoms with van der Waals surface area (Å²) in [7, 11) is 0. The molecule has 0 aliphatic carbocycles. The fourth-order valence-electron chi connectivity index (χ4n) is 2.23. The van der Waals surface area contributed by atoms with Gasteiger partial charge in [-0.1, -0.05) is 18.2 Å². The second-order valence-electron chi connectivity index (χ2n) is 5.30. The Labute approximate surface area is 108 Å². The summed E-state index contributed by atoms with van der Waals surface area (Å²) in [6.07, 6.45) is 0.545. The molecule has 1 heterocycles. The van der Waals surface area contributed by atoms with Gasteiger partial charge in [0.2, 0.25) is 0 Å². The lowest BCUT2D eigenvalue weighted by Crippen LogP contribution is -2.47. The Morgan fingerprint density at radius 2 is 1.94 bits per heavy atom. The van der Waals surface area contributed by atoms with E-state index in [-0.39, 0.29) is 23.8 Å². The Kier molecular flexibility index (Phi) is 4.18. The number of rotatable bonds is 2. The van der Waals surface area contributed by atoms with Gasteiger partial charge in [-0.2, -0.15) is 0 Å². The lowest BCUT2D eigenvalue weighted by molar-refractivity contribution is 0.00607. The molecule has 1 fully saturated rings. The fourth-order valence-corrected chi connectivity index (χ4v) is 2.23. The highest BCUT2D eigenvalue weighted by Gasteiger charge is 2.40. The van der Waals surface area contributed by atoms with Crippen molar-refractivity contribution in [2.24, 2.45) is 0 Å². The summed E-state index contributed by atoms with van der Waals surface area (Å²) in [5.41, 5.74) is 0.182. The molecule has 0 amide bonds. The Morgan fingerprint density at radius 1 is 1.29 bits per heavy atom. The van der Waals surface area contributed by atoms with Crippen LogP contribution in [-0.2, 0) is 11.2 Å². The average Bonchev–Trinajstić information content (AvgIpc) is 2.45. The molecule has 1 saturated heterocycles. The third-order valence-electron chi connectivity index (χ3n) is 2.84. The Bertz CT molecular complexity index is 397. The van der Waals surface area contributed by atoms with E-state index in [4.69, 9.17) is 4.74 Å². The summed E-state index contributed by atoms with van der Waals surface area (Å²) in [4.78, 5) is 0. The van der Waals surface area contributed by atoms with Gasteiger partial charge in [-0.05, 0) is 32.4 Å². The standard InChI is InChI=1S/C13H18FNO.ClH/c1-12(2)9-16-13(3,15-12)8-10-6-4-5-7-11(10)14;/h4-7,15H,8-9H2,1-3H3;1H. The topological polar surface area (TPSA) is 21.3 Å². The number of hydrogen-bond donors (Lipinski definition) is 1. The number of benzene rings is 1. The normalized spacial score (nSPS) is 26.6. The Balaban J connectivity index is 0.00000144. The lowest BCUT2D eigenvalue weighted by atomic mass is 10.0. The molecule has 0 bridgehead atoms.